The van der Waals surface area contributed by atoms with Crippen molar-refractivity contribution in [3.63, 3.8) is 0 Å². The van der Waals surface area contributed by atoms with E-state index >= 15 is 0 Å². The molecule has 1 aromatic carbocycles. The average molecular weight is 324 g/mol. The lowest BCUT2D eigenvalue weighted by molar-refractivity contribution is -0.136. The summed E-state index contributed by atoms with van der Waals surface area (Å²) in [4.78, 5) is 14.3. The summed E-state index contributed by atoms with van der Waals surface area (Å²) in [6, 6.07) is 6.38. The van der Waals surface area contributed by atoms with Crippen LogP contribution in [0.4, 0.5) is 0 Å². The molecule has 4 heteroatoms. The van der Waals surface area contributed by atoms with Gasteiger partial charge in [-0.05, 0) is 63.5 Å². The van der Waals surface area contributed by atoms with Crippen molar-refractivity contribution in [1.29, 1.82) is 0 Å². The van der Waals surface area contributed by atoms with Gasteiger partial charge in [-0.25, -0.2) is 0 Å². The van der Waals surface area contributed by atoms with Gasteiger partial charge in [0.1, 0.15) is 0 Å². The van der Waals surface area contributed by atoms with Crippen LogP contribution in [0.2, 0.25) is 0 Å². The molecule has 0 spiro atoms. The lowest BCUT2D eigenvalue weighted by Crippen LogP contribution is -2.31. The molecule has 1 N–H and O–H groups in total. The van der Waals surface area contributed by atoms with Crippen LogP contribution in [-0.4, -0.2) is 41.4 Å². The molecule has 1 aliphatic rings. The van der Waals surface area contributed by atoms with Crippen LogP contribution < -0.4 is 0 Å². The summed E-state index contributed by atoms with van der Waals surface area (Å²) in [5.74, 6) is -0.729. The van der Waals surface area contributed by atoms with Crippen molar-refractivity contribution in [2.24, 2.45) is 0 Å². The third kappa shape index (κ3) is 6.41. The van der Waals surface area contributed by atoms with Gasteiger partial charge >= 0.3 is 5.97 Å². The quantitative estimate of drug-likeness (QED) is 0.880. The highest BCUT2D eigenvalue weighted by atomic mass is 32.2. The Balaban J connectivity index is 0.00000116. The SMILES string of the molecule is CC.Cc1cc(CCC(=O)O)ccc1SC1CCN(C)CC1. The molecule has 1 aliphatic heterocycles. The fourth-order valence-corrected chi connectivity index (χ4v) is 3.73. The smallest absolute Gasteiger partial charge is 0.303 e. The minimum atomic E-state index is -0.729. The Morgan fingerprint density at radius 1 is 1.32 bits per heavy atom. The summed E-state index contributed by atoms with van der Waals surface area (Å²) >= 11 is 1.98. The molecule has 1 saturated heterocycles. The molecule has 0 amide bonds. The Morgan fingerprint density at radius 2 is 1.95 bits per heavy atom. The van der Waals surface area contributed by atoms with Crippen LogP contribution in [0.1, 0.15) is 44.2 Å². The Morgan fingerprint density at radius 3 is 2.50 bits per heavy atom. The molecule has 22 heavy (non-hydrogen) atoms. The Hall–Kier alpha value is -1.000. The van der Waals surface area contributed by atoms with E-state index in [9.17, 15) is 4.79 Å². The third-order valence-electron chi connectivity index (χ3n) is 3.83. The molecule has 0 aromatic heterocycles. The molecule has 0 bridgehead atoms. The standard InChI is InChI=1S/C16H23NO2S.C2H6/c1-12-11-13(4-6-16(18)19)3-5-15(12)20-14-7-9-17(2)10-8-14;1-2/h3,5,11,14H,4,6-10H2,1-2H3,(H,18,19);1-2H3. The average Bonchev–Trinajstić information content (AvgIpc) is 2.52. The first-order valence-electron chi connectivity index (χ1n) is 8.21. The summed E-state index contributed by atoms with van der Waals surface area (Å²) < 4.78 is 0. The van der Waals surface area contributed by atoms with E-state index in [1.807, 2.05) is 25.6 Å². The van der Waals surface area contributed by atoms with Gasteiger partial charge < -0.3 is 10.0 Å². The maximum Gasteiger partial charge on any atom is 0.303 e. The molecule has 1 aromatic rings. The molecule has 1 heterocycles. The number of likely N-dealkylation sites (tertiary alicyclic amines) is 1. The maximum absolute atomic E-state index is 10.6. The van der Waals surface area contributed by atoms with Crippen LogP contribution in [-0.2, 0) is 11.2 Å². The number of thioether (sulfide) groups is 1. The second kappa shape index (κ2) is 9.90. The zero-order valence-corrected chi connectivity index (χ0v) is 15.1. The number of aryl methyl sites for hydroxylation is 2. The van der Waals surface area contributed by atoms with Crippen molar-refractivity contribution in [3.05, 3.63) is 29.3 Å². The van der Waals surface area contributed by atoms with E-state index < -0.39 is 5.97 Å². The van der Waals surface area contributed by atoms with Crippen molar-refractivity contribution >= 4 is 17.7 Å². The number of carboxylic acids is 1. The van der Waals surface area contributed by atoms with Gasteiger partial charge in [-0.3, -0.25) is 4.79 Å². The van der Waals surface area contributed by atoms with Crippen LogP contribution in [0.15, 0.2) is 23.1 Å². The summed E-state index contributed by atoms with van der Waals surface area (Å²) in [7, 11) is 2.18. The van der Waals surface area contributed by atoms with Crippen LogP contribution in [0.3, 0.4) is 0 Å². The van der Waals surface area contributed by atoms with Crippen LogP contribution in [0.25, 0.3) is 0 Å². The van der Waals surface area contributed by atoms with E-state index in [1.54, 1.807) is 0 Å². The van der Waals surface area contributed by atoms with Crippen molar-refractivity contribution in [1.82, 2.24) is 4.90 Å². The molecule has 1 fully saturated rings. The Kier molecular flexibility index (Phi) is 8.57. The first-order valence-corrected chi connectivity index (χ1v) is 9.09. The Labute approximate surface area is 139 Å². The van der Waals surface area contributed by atoms with Crippen LogP contribution in [0.5, 0.6) is 0 Å². The third-order valence-corrected chi connectivity index (χ3v) is 5.34. The number of hydrogen-bond donors (Lipinski definition) is 1. The largest absolute Gasteiger partial charge is 0.481 e. The predicted octanol–water partition coefficient (Wildman–Crippen LogP) is 4.22. The molecule has 0 atom stereocenters. The number of carbonyl (C=O) groups is 1. The summed E-state index contributed by atoms with van der Waals surface area (Å²) in [6.45, 7) is 8.50. The van der Waals surface area contributed by atoms with Crippen molar-refractivity contribution < 1.29 is 9.90 Å². The molecule has 124 valence electrons. The number of carboxylic acid groups (broad SMARTS) is 1. The molecule has 0 unspecified atom stereocenters. The molecule has 0 radical (unpaired) electrons. The molecule has 0 aliphatic carbocycles. The van der Waals surface area contributed by atoms with Gasteiger partial charge in [0.05, 0.1) is 0 Å². The molecule has 3 nitrogen and oxygen atoms in total. The number of hydrogen-bond acceptors (Lipinski definition) is 3. The highest BCUT2D eigenvalue weighted by Gasteiger charge is 2.18. The van der Waals surface area contributed by atoms with Crippen molar-refractivity contribution in [3.8, 4) is 0 Å². The molecular formula is C18H29NO2S. The monoisotopic (exact) mass is 323 g/mol. The topological polar surface area (TPSA) is 40.5 Å². The van der Waals surface area contributed by atoms with Crippen LogP contribution in [0, 0.1) is 6.92 Å². The first-order chi connectivity index (χ1) is 10.5. The fourth-order valence-electron chi connectivity index (χ4n) is 2.53. The van der Waals surface area contributed by atoms with Crippen molar-refractivity contribution in [2.75, 3.05) is 20.1 Å². The van der Waals surface area contributed by atoms with Gasteiger partial charge in [0.2, 0.25) is 0 Å². The van der Waals surface area contributed by atoms with Crippen molar-refractivity contribution in [2.45, 2.75) is 56.6 Å². The lowest BCUT2D eigenvalue weighted by atomic mass is 10.1. The summed E-state index contributed by atoms with van der Waals surface area (Å²) in [6.07, 6.45) is 3.33. The number of piperidine rings is 1. The fraction of sp³-hybridized carbons (Fsp3) is 0.611. The van der Waals surface area contributed by atoms with E-state index in [1.165, 1.54) is 36.4 Å². The summed E-state index contributed by atoms with van der Waals surface area (Å²) in [5.41, 5.74) is 2.40. The lowest BCUT2D eigenvalue weighted by Gasteiger charge is -2.28. The second-order valence-corrected chi connectivity index (χ2v) is 6.96. The van der Waals surface area contributed by atoms with Gasteiger partial charge in [0.15, 0.2) is 0 Å². The minimum absolute atomic E-state index is 0.209. The Bertz CT molecular complexity index is 468. The molecule has 0 saturated carbocycles. The zero-order chi connectivity index (χ0) is 16.5. The highest BCUT2D eigenvalue weighted by Crippen LogP contribution is 2.32. The maximum atomic E-state index is 10.6. The van der Waals surface area contributed by atoms with Crippen LogP contribution >= 0.6 is 11.8 Å². The minimum Gasteiger partial charge on any atom is -0.481 e. The van der Waals surface area contributed by atoms with E-state index in [4.69, 9.17) is 5.11 Å². The van der Waals surface area contributed by atoms with E-state index in [0.717, 1.165) is 10.8 Å². The number of aliphatic carboxylic acids is 1. The van der Waals surface area contributed by atoms with E-state index in [2.05, 4.69) is 37.1 Å². The van der Waals surface area contributed by atoms with Gasteiger partial charge in [-0.15, -0.1) is 11.8 Å². The van der Waals surface area contributed by atoms with Gasteiger partial charge in [0.25, 0.3) is 0 Å². The van der Waals surface area contributed by atoms with E-state index in [-0.39, 0.29) is 6.42 Å². The first kappa shape index (κ1) is 19.0. The van der Waals surface area contributed by atoms with Gasteiger partial charge in [0, 0.05) is 16.6 Å². The summed E-state index contributed by atoms with van der Waals surface area (Å²) in [5, 5.41) is 9.45. The zero-order valence-electron chi connectivity index (χ0n) is 14.3. The second-order valence-electron chi connectivity index (χ2n) is 5.61. The predicted molar refractivity (Wildman–Crippen MR) is 94.9 cm³/mol. The number of rotatable bonds is 5. The normalized spacial score (nSPS) is 16.0. The van der Waals surface area contributed by atoms with Gasteiger partial charge in [-0.1, -0.05) is 26.0 Å². The number of nitrogens with zero attached hydrogens (tertiary/aromatic N) is 1. The van der Waals surface area contributed by atoms with Gasteiger partial charge in [-0.2, -0.15) is 0 Å². The van der Waals surface area contributed by atoms with E-state index in [0.29, 0.717) is 6.42 Å². The molecular weight excluding hydrogens is 294 g/mol. The number of benzene rings is 1. The highest BCUT2D eigenvalue weighted by molar-refractivity contribution is 8.00. The molecule has 2 rings (SSSR count).